The van der Waals surface area contributed by atoms with E-state index in [9.17, 15) is 0 Å². The quantitative estimate of drug-likeness (QED) is 0.626. The van der Waals surface area contributed by atoms with Gasteiger partial charge in [0, 0.05) is 32.1 Å². The molecule has 1 aliphatic rings. The van der Waals surface area contributed by atoms with Crippen molar-refractivity contribution >= 4 is 33.1 Å². The van der Waals surface area contributed by atoms with Gasteiger partial charge in [0.15, 0.2) is 0 Å². The highest BCUT2D eigenvalue weighted by atomic mass is 79.9. The number of ether oxygens (including phenoxy) is 1. The number of halogens is 1. The van der Waals surface area contributed by atoms with Crippen molar-refractivity contribution in [2.45, 2.75) is 45.6 Å². The number of thiocarbonyl (C=S) groups is 1. The summed E-state index contributed by atoms with van der Waals surface area (Å²) in [6, 6.07) is 10.7. The predicted octanol–water partition coefficient (Wildman–Crippen LogP) is 4.91. The van der Waals surface area contributed by atoms with Gasteiger partial charge in [-0.25, -0.2) is 4.98 Å². The maximum atomic E-state index is 6.25. The van der Waals surface area contributed by atoms with Crippen LogP contribution in [0.25, 0.3) is 0 Å². The standard InChI is InChI=1S/C21H25BrN2OS/c1-4-24(3)20(26)13-17-12-19(22)21(23-14(17)2)25-18-10-9-15-7-5-6-8-16(15)11-18/h5-8,12,18H,4,9-11,13H2,1-3H3. The molecule has 0 N–H and O–H groups in total. The number of fused-ring (bicyclic) bond motifs is 1. The van der Waals surface area contributed by atoms with E-state index in [1.54, 1.807) is 0 Å². The van der Waals surface area contributed by atoms with E-state index < -0.39 is 0 Å². The minimum Gasteiger partial charge on any atom is -0.473 e. The molecule has 0 aliphatic heterocycles. The first kappa shape index (κ1) is 19.3. The number of benzene rings is 1. The molecule has 1 heterocycles. The molecule has 0 saturated heterocycles. The highest BCUT2D eigenvalue weighted by Gasteiger charge is 2.21. The Labute approximate surface area is 169 Å². The molecule has 1 aromatic carbocycles. The molecule has 26 heavy (non-hydrogen) atoms. The van der Waals surface area contributed by atoms with Crippen LogP contribution in [-0.2, 0) is 19.3 Å². The van der Waals surface area contributed by atoms with Crippen molar-refractivity contribution in [3.05, 3.63) is 57.2 Å². The number of nitrogens with zero attached hydrogens (tertiary/aromatic N) is 2. The number of rotatable bonds is 5. The molecule has 0 spiro atoms. The van der Waals surface area contributed by atoms with Gasteiger partial charge in [0.05, 0.1) is 9.46 Å². The van der Waals surface area contributed by atoms with E-state index in [4.69, 9.17) is 21.9 Å². The van der Waals surface area contributed by atoms with Gasteiger partial charge in [-0.1, -0.05) is 36.5 Å². The molecular weight excluding hydrogens is 408 g/mol. The molecule has 138 valence electrons. The third-order valence-electron chi connectivity index (χ3n) is 5.06. The van der Waals surface area contributed by atoms with Crippen molar-refractivity contribution in [3.8, 4) is 5.88 Å². The highest BCUT2D eigenvalue weighted by molar-refractivity contribution is 9.10. The molecule has 1 unspecified atom stereocenters. The number of hydrogen-bond donors (Lipinski definition) is 0. The van der Waals surface area contributed by atoms with Crippen molar-refractivity contribution in [1.82, 2.24) is 9.88 Å². The second kappa shape index (κ2) is 8.49. The average molecular weight is 433 g/mol. The van der Waals surface area contributed by atoms with E-state index in [1.165, 1.54) is 11.1 Å². The molecular formula is C21H25BrN2OS. The van der Waals surface area contributed by atoms with Crippen molar-refractivity contribution in [1.29, 1.82) is 0 Å². The van der Waals surface area contributed by atoms with Crippen LogP contribution in [-0.4, -0.2) is 34.6 Å². The summed E-state index contributed by atoms with van der Waals surface area (Å²) >= 11 is 9.15. The van der Waals surface area contributed by atoms with Crippen LogP contribution in [0.1, 0.15) is 35.7 Å². The van der Waals surface area contributed by atoms with E-state index in [0.717, 1.165) is 52.9 Å². The summed E-state index contributed by atoms with van der Waals surface area (Å²) in [6.07, 6.45) is 3.93. The predicted molar refractivity (Wildman–Crippen MR) is 114 cm³/mol. The lowest BCUT2D eigenvalue weighted by Gasteiger charge is -2.26. The Morgan fingerprint density at radius 1 is 1.35 bits per heavy atom. The fourth-order valence-corrected chi connectivity index (χ4v) is 4.00. The topological polar surface area (TPSA) is 25.4 Å². The first-order valence-electron chi connectivity index (χ1n) is 9.11. The summed E-state index contributed by atoms with van der Waals surface area (Å²) in [6.45, 7) is 5.04. The Morgan fingerprint density at radius 3 is 2.81 bits per heavy atom. The molecule has 1 aromatic heterocycles. The summed E-state index contributed by atoms with van der Waals surface area (Å²) in [5.41, 5.74) is 4.95. The van der Waals surface area contributed by atoms with Crippen LogP contribution in [0.3, 0.4) is 0 Å². The van der Waals surface area contributed by atoms with Crippen LogP contribution in [0.5, 0.6) is 5.88 Å². The summed E-state index contributed by atoms with van der Waals surface area (Å²) in [5.74, 6) is 0.686. The monoisotopic (exact) mass is 432 g/mol. The SMILES string of the molecule is CCN(C)C(=S)Cc1cc(Br)c(OC2CCc3ccccc3C2)nc1C. The van der Waals surface area contributed by atoms with Crippen molar-refractivity contribution in [2.24, 2.45) is 0 Å². The molecule has 0 fully saturated rings. The van der Waals surface area contributed by atoms with Gasteiger partial charge in [-0.05, 0) is 65.4 Å². The maximum Gasteiger partial charge on any atom is 0.228 e. The maximum absolute atomic E-state index is 6.25. The normalized spacial score (nSPS) is 16.1. The van der Waals surface area contributed by atoms with E-state index in [0.29, 0.717) is 5.88 Å². The second-order valence-corrected chi connectivity index (χ2v) is 8.18. The van der Waals surface area contributed by atoms with Gasteiger partial charge in [-0.3, -0.25) is 0 Å². The number of aromatic nitrogens is 1. The molecule has 1 atom stereocenters. The lowest BCUT2D eigenvalue weighted by Crippen LogP contribution is -2.27. The Balaban J connectivity index is 1.72. The van der Waals surface area contributed by atoms with E-state index in [1.807, 2.05) is 14.0 Å². The Hall–Kier alpha value is -1.46. The zero-order valence-electron chi connectivity index (χ0n) is 15.6. The van der Waals surface area contributed by atoms with Crippen molar-refractivity contribution < 1.29 is 4.74 Å². The Morgan fingerprint density at radius 2 is 2.08 bits per heavy atom. The van der Waals surface area contributed by atoms with E-state index in [-0.39, 0.29) is 6.10 Å². The summed E-state index contributed by atoms with van der Waals surface area (Å²) < 4.78 is 7.15. The molecule has 0 bridgehead atoms. The molecule has 3 nitrogen and oxygen atoms in total. The van der Waals surface area contributed by atoms with Gasteiger partial charge >= 0.3 is 0 Å². The molecule has 0 saturated carbocycles. The van der Waals surface area contributed by atoms with Crippen LogP contribution in [0, 0.1) is 6.92 Å². The van der Waals surface area contributed by atoms with Gasteiger partial charge in [-0.2, -0.15) is 0 Å². The molecule has 0 radical (unpaired) electrons. The van der Waals surface area contributed by atoms with Crippen LogP contribution >= 0.6 is 28.1 Å². The minimum absolute atomic E-state index is 0.172. The summed E-state index contributed by atoms with van der Waals surface area (Å²) in [4.78, 5) is 7.74. The molecule has 3 rings (SSSR count). The number of likely N-dealkylation sites (N-methyl/N-ethyl adjacent to an activating group) is 1. The summed E-state index contributed by atoms with van der Waals surface area (Å²) in [5, 5.41) is 0. The lowest BCUT2D eigenvalue weighted by atomic mass is 9.90. The minimum atomic E-state index is 0.172. The summed E-state index contributed by atoms with van der Waals surface area (Å²) in [7, 11) is 2.03. The van der Waals surface area contributed by atoms with Gasteiger partial charge in [0.2, 0.25) is 5.88 Å². The average Bonchev–Trinajstić information content (AvgIpc) is 2.64. The van der Waals surface area contributed by atoms with Gasteiger partial charge in [0.25, 0.3) is 0 Å². The third-order valence-corrected chi connectivity index (χ3v) is 6.09. The zero-order valence-corrected chi connectivity index (χ0v) is 18.0. The van der Waals surface area contributed by atoms with Crippen LogP contribution < -0.4 is 4.74 Å². The number of pyridine rings is 1. The van der Waals surface area contributed by atoms with Gasteiger partial charge in [-0.15, -0.1) is 0 Å². The molecule has 2 aromatic rings. The Kier molecular flexibility index (Phi) is 6.30. The first-order valence-corrected chi connectivity index (χ1v) is 10.3. The van der Waals surface area contributed by atoms with Gasteiger partial charge < -0.3 is 9.64 Å². The molecule has 1 aliphatic carbocycles. The number of aryl methyl sites for hydroxylation is 2. The van der Waals surface area contributed by atoms with Crippen LogP contribution in [0.15, 0.2) is 34.8 Å². The van der Waals surface area contributed by atoms with Crippen molar-refractivity contribution in [3.63, 3.8) is 0 Å². The zero-order chi connectivity index (χ0) is 18.7. The second-order valence-electron chi connectivity index (χ2n) is 6.86. The van der Waals surface area contributed by atoms with E-state index >= 15 is 0 Å². The smallest absolute Gasteiger partial charge is 0.228 e. The van der Waals surface area contributed by atoms with Crippen LogP contribution in [0.4, 0.5) is 0 Å². The van der Waals surface area contributed by atoms with Gasteiger partial charge in [0.1, 0.15) is 6.10 Å². The molecule has 5 heteroatoms. The fraction of sp³-hybridized carbons (Fsp3) is 0.429. The fourth-order valence-electron chi connectivity index (χ4n) is 3.26. The van der Waals surface area contributed by atoms with Crippen LogP contribution in [0.2, 0.25) is 0 Å². The van der Waals surface area contributed by atoms with Crippen molar-refractivity contribution in [2.75, 3.05) is 13.6 Å². The largest absolute Gasteiger partial charge is 0.473 e. The first-order chi connectivity index (χ1) is 12.5. The Bertz CT molecular complexity index is 809. The number of hydrogen-bond acceptors (Lipinski definition) is 3. The molecule has 0 amide bonds. The third kappa shape index (κ3) is 4.44. The highest BCUT2D eigenvalue weighted by Crippen LogP contribution is 2.30. The lowest BCUT2D eigenvalue weighted by molar-refractivity contribution is 0.175. The van der Waals surface area contributed by atoms with E-state index in [2.05, 4.69) is 58.1 Å².